The second kappa shape index (κ2) is 12.5. The third-order valence-corrected chi connectivity index (χ3v) is 6.90. The molecule has 9 heteroatoms. The lowest BCUT2D eigenvalue weighted by Gasteiger charge is -2.21. The highest BCUT2D eigenvalue weighted by molar-refractivity contribution is 7.20. The largest absolute Gasteiger partial charge is 0.461 e. The van der Waals surface area contributed by atoms with Gasteiger partial charge < -0.3 is 21.5 Å². The van der Waals surface area contributed by atoms with Crippen molar-refractivity contribution >= 4 is 40.3 Å². The van der Waals surface area contributed by atoms with Gasteiger partial charge in [0.2, 0.25) is 0 Å². The van der Waals surface area contributed by atoms with Gasteiger partial charge in [-0.1, -0.05) is 50.3 Å². The number of nitrogens with one attached hydrogen (secondary N) is 2. The van der Waals surface area contributed by atoms with E-state index in [2.05, 4.69) is 24.5 Å². The van der Waals surface area contributed by atoms with Gasteiger partial charge in [-0.15, -0.1) is 11.3 Å². The van der Waals surface area contributed by atoms with Crippen molar-refractivity contribution in [3.05, 3.63) is 47.5 Å². The molecule has 0 radical (unpaired) electrons. The van der Waals surface area contributed by atoms with Gasteiger partial charge in [-0.25, -0.2) is 4.79 Å². The van der Waals surface area contributed by atoms with Crippen LogP contribution in [0.5, 0.6) is 0 Å². The van der Waals surface area contributed by atoms with Crippen molar-refractivity contribution in [2.24, 2.45) is 17.4 Å². The Morgan fingerprint density at radius 3 is 2.43 bits per heavy atom. The van der Waals surface area contributed by atoms with Gasteiger partial charge in [0, 0.05) is 11.4 Å². The van der Waals surface area contributed by atoms with Gasteiger partial charge in [0.15, 0.2) is 0 Å². The zero-order valence-corrected chi connectivity index (χ0v) is 21.0. The smallest absolute Gasteiger partial charge is 0.323 e. The van der Waals surface area contributed by atoms with E-state index in [1.807, 2.05) is 36.4 Å². The predicted octanol–water partition coefficient (Wildman–Crippen LogP) is 4.51. The first-order valence-corrected chi connectivity index (χ1v) is 12.8. The first-order chi connectivity index (χ1) is 16.7. The average molecular weight is 499 g/mol. The summed E-state index contributed by atoms with van der Waals surface area (Å²) < 4.78 is 5.71. The summed E-state index contributed by atoms with van der Waals surface area (Å²) in [4.78, 5) is 36.3. The lowest BCUT2D eigenvalue weighted by molar-refractivity contribution is -0.151. The van der Waals surface area contributed by atoms with Gasteiger partial charge in [0.1, 0.15) is 17.1 Å². The maximum atomic E-state index is 12.6. The number of thiophene rings is 1. The first kappa shape index (κ1) is 26.4. The van der Waals surface area contributed by atoms with Crippen LogP contribution in [0.25, 0.3) is 16.5 Å². The van der Waals surface area contributed by atoms with Gasteiger partial charge >= 0.3 is 12.0 Å². The summed E-state index contributed by atoms with van der Waals surface area (Å²) in [6, 6.07) is 8.35. The second-order valence-corrected chi connectivity index (χ2v) is 10.2. The Morgan fingerprint density at radius 1 is 1.14 bits per heavy atom. The highest BCUT2D eigenvalue weighted by Gasteiger charge is 2.25. The Hall–Kier alpha value is -3.17. The van der Waals surface area contributed by atoms with E-state index in [9.17, 15) is 14.4 Å². The van der Waals surface area contributed by atoms with Gasteiger partial charge in [0.05, 0.1) is 5.56 Å². The molecule has 0 bridgehead atoms. The molecule has 0 aliphatic heterocycles. The predicted molar refractivity (Wildman–Crippen MR) is 140 cm³/mol. The molecule has 6 N–H and O–H groups in total. The van der Waals surface area contributed by atoms with E-state index in [0.717, 1.165) is 48.1 Å². The van der Waals surface area contributed by atoms with Crippen LogP contribution in [-0.4, -0.2) is 36.6 Å². The Kier molecular flexibility index (Phi) is 9.45. The molecule has 2 aromatic rings. The van der Waals surface area contributed by atoms with E-state index in [4.69, 9.17) is 16.2 Å². The minimum Gasteiger partial charge on any atom is -0.461 e. The van der Waals surface area contributed by atoms with Crippen LogP contribution in [0.1, 0.15) is 61.9 Å². The zero-order valence-electron chi connectivity index (χ0n) is 20.2. The highest BCUT2D eigenvalue weighted by Crippen LogP contribution is 2.35. The molecule has 3 amide bonds. The van der Waals surface area contributed by atoms with E-state index < -0.39 is 11.9 Å². The molecule has 188 valence electrons. The highest BCUT2D eigenvalue weighted by atomic mass is 32.1. The lowest BCUT2D eigenvalue weighted by Crippen LogP contribution is -2.40. The average Bonchev–Trinajstić information content (AvgIpc) is 3.45. The van der Waals surface area contributed by atoms with Crippen LogP contribution in [0.4, 0.5) is 9.80 Å². The summed E-state index contributed by atoms with van der Waals surface area (Å²) in [6.07, 6.45) is 8.96. The Bertz CT molecular complexity index is 1060. The van der Waals surface area contributed by atoms with Crippen molar-refractivity contribution in [3.63, 3.8) is 0 Å². The summed E-state index contributed by atoms with van der Waals surface area (Å²) in [5.41, 5.74) is 12.7. The molecule has 1 aromatic heterocycles. The molecule has 0 saturated heterocycles. The van der Waals surface area contributed by atoms with E-state index in [1.54, 1.807) is 6.07 Å². The van der Waals surface area contributed by atoms with Crippen LogP contribution in [0.2, 0.25) is 0 Å². The van der Waals surface area contributed by atoms with Gasteiger partial charge in [-0.05, 0) is 55.2 Å². The topological polar surface area (TPSA) is 137 Å². The number of anilines is 1. The lowest BCUT2D eigenvalue weighted by atomic mass is 10.0. The molecule has 1 fully saturated rings. The molecule has 0 spiro atoms. The number of hydrogen-bond donors (Lipinski definition) is 4. The van der Waals surface area contributed by atoms with E-state index in [1.165, 1.54) is 11.3 Å². The van der Waals surface area contributed by atoms with Crippen LogP contribution in [0.3, 0.4) is 0 Å². The fourth-order valence-corrected chi connectivity index (χ4v) is 5.14. The molecule has 1 heterocycles. The Balaban J connectivity index is 1.59. The van der Waals surface area contributed by atoms with Crippen LogP contribution in [0, 0.1) is 5.92 Å². The number of primary amides is 2. The minimum atomic E-state index is -0.752. The molecular formula is C26H34N4O4S. The third-order valence-electron chi connectivity index (χ3n) is 5.80. The summed E-state index contributed by atoms with van der Waals surface area (Å²) in [7, 11) is 0. The first-order valence-electron chi connectivity index (χ1n) is 11.9. The fraction of sp³-hybridized carbons (Fsp3) is 0.423. The van der Waals surface area contributed by atoms with E-state index >= 15 is 0 Å². The van der Waals surface area contributed by atoms with Crippen molar-refractivity contribution in [3.8, 4) is 10.4 Å². The van der Waals surface area contributed by atoms with Gasteiger partial charge in [0.25, 0.3) is 5.91 Å². The van der Waals surface area contributed by atoms with Gasteiger partial charge in [-0.2, -0.15) is 0 Å². The maximum absolute atomic E-state index is 12.6. The monoisotopic (exact) mass is 498 g/mol. The van der Waals surface area contributed by atoms with Crippen LogP contribution < -0.4 is 22.1 Å². The fourth-order valence-electron chi connectivity index (χ4n) is 4.07. The van der Waals surface area contributed by atoms with Crippen molar-refractivity contribution in [2.75, 3.05) is 11.9 Å². The van der Waals surface area contributed by atoms with Crippen molar-refractivity contribution < 1.29 is 19.1 Å². The molecule has 1 saturated carbocycles. The number of urea groups is 1. The minimum absolute atomic E-state index is 0.0677. The Morgan fingerprint density at radius 2 is 1.83 bits per heavy atom. The second-order valence-electron chi connectivity index (χ2n) is 9.17. The summed E-state index contributed by atoms with van der Waals surface area (Å²) in [5, 5.41) is 6.09. The summed E-state index contributed by atoms with van der Waals surface area (Å²) in [5.74, 6) is -0.405. The number of ether oxygens (including phenoxy) is 1. The van der Waals surface area contributed by atoms with Gasteiger partial charge in [-0.3, -0.25) is 14.9 Å². The number of benzene rings is 1. The number of hydrogen-bond acceptors (Lipinski definition) is 6. The number of carbonyl (C=O) groups excluding carboxylic acids is 3. The summed E-state index contributed by atoms with van der Waals surface area (Å²) in [6.45, 7) is 4.75. The molecule has 1 aromatic carbocycles. The molecule has 3 rings (SSSR count). The standard InChI is InChI=1S/C26H34N4O4S/c1-16(2)14-21(25(32)34-19-7-3-4-8-19)29-13-5-6-17-9-11-18(12-10-17)22-15-20(23(27)31)24(35-22)30-26(28)33/h5-6,9-12,15-16,19,21,29H,3-4,7-8,13-14H2,1-2H3,(H2,27,31)(H3,28,30,33)/t21-/m0/s1. The van der Waals surface area contributed by atoms with Crippen molar-refractivity contribution in [1.82, 2.24) is 5.32 Å². The van der Waals surface area contributed by atoms with Crippen LogP contribution in [-0.2, 0) is 9.53 Å². The Labute approximate surface area is 210 Å². The normalized spacial score (nSPS) is 14.9. The third kappa shape index (κ3) is 7.93. The molecular weight excluding hydrogens is 464 g/mol. The van der Waals surface area contributed by atoms with E-state index in [-0.39, 0.29) is 23.7 Å². The quantitative estimate of drug-likeness (QED) is 0.338. The summed E-state index contributed by atoms with van der Waals surface area (Å²) >= 11 is 1.23. The number of amides is 3. The number of rotatable bonds is 11. The molecule has 35 heavy (non-hydrogen) atoms. The molecule has 1 aliphatic rings. The van der Waals surface area contributed by atoms with E-state index in [0.29, 0.717) is 17.5 Å². The van der Waals surface area contributed by atoms with Crippen molar-refractivity contribution in [2.45, 2.75) is 58.1 Å². The molecule has 0 unspecified atom stereocenters. The van der Waals surface area contributed by atoms with Crippen LogP contribution in [0.15, 0.2) is 36.4 Å². The van der Waals surface area contributed by atoms with Crippen molar-refractivity contribution in [1.29, 1.82) is 0 Å². The molecule has 1 aliphatic carbocycles. The molecule has 1 atom stereocenters. The number of nitrogens with two attached hydrogens (primary N) is 2. The van der Waals surface area contributed by atoms with Crippen LogP contribution >= 0.6 is 11.3 Å². The number of esters is 1. The maximum Gasteiger partial charge on any atom is 0.323 e. The SMILES string of the molecule is CC(C)C[C@H](NCC=Cc1ccc(-c2cc(C(N)=O)c(NC(N)=O)s2)cc1)C(=O)OC1CCCC1. The zero-order chi connectivity index (χ0) is 25.4. The number of carbonyl (C=O) groups is 3. The molecule has 8 nitrogen and oxygen atoms in total.